The second kappa shape index (κ2) is 12.9. The Morgan fingerprint density at radius 3 is 2.50 bits per heavy atom. The van der Waals surface area contributed by atoms with Gasteiger partial charge in [-0.25, -0.2) is 0 Å². The van der Waals surface area contributed by atoms with Gasteiger partial charge in [-0.1, -0.05) is 10.2 Å². The maximum absolute atomic E-state index is 12.6. The van der Waals surface area contributed by atoms with E-state index < -0.39 is 18.0 Å². The smallest absolute Gasteiger partial charge is 0.309 e. The van der Waals surface area contributed by atoms with Crippen LogP contribution in [0.25, 0.3) is 20.9 Å². The molecule has 1 atom stereocenters. The van der Waals surface area contributed by atoms with Gasteiger partial charge in [0, 0.05) is 48.1 Å². The number of esters is 1. The summed E-state index contributed by atoms with van der Waals surface area (Å²) in [4.78, 5) is 20.0. The zero-order valence-electron chi connectivity index (χ0n) is 18.4. The number of azide groups is 2. The SMILES string of the molecule is CC(C)(C)NC[C@@H](COc1nsnc1N1CCOCC1)OC(=O)C(CN=[N+]=[N-])CN=[N+]=[N-]. The molecule has 14 nitrogen and oxygen atoms in total. The molecule has 15 heteroatoms. The van der Waals surface area contributed by atoms with Crippen LogP contribution >= 0.6 is 11.7 Å². The Labute approximate surface area is 189 Å². The van der Waals surface area contributed by atoms with Crippen molar-refractivity contribution in [3.63, 3.8) is 0 Å². The van der Waals surface area contributed by atoms with Gasteiger partial charge in [0.05, 0.1) is 30.9 Å². The van der Waals surface area contributed by atoms with Gasteiger partial charge in [-0.3, -0.25) is 4.79 Å². The minimum absolute atomic E-state index is 0.0350. The highest BCUT2D eigenvalue weighted by Crippen LogP contribution is 2.26. The molecule has 0 amide bonds. The van der Waals surface area contributed by atoms with Crippen LogP contribution in [0.1, 0.15) is 20.8 Å². The summed E-state index contributed by atoms with van der Waals surface area (Å²) in [6.45, 7) is 8.53. The number of carbonyl (C=O) groups excluding carboxylic acids is 1. The molecule has 1 aliphatic heterocycles. The summed E-state index contributed by atoms with van der Waals surface area (Å²) < 4.78 is 25.4. The van der Waals surface area contributed by atoms with E-state index in [2.05, 4.69) is 34.1 Å². The fourth-order valence-corrected chi connectivity index (χ4v) is 3.22. The molecule has 0 aromatic carbocycles. The van der Waals surface area contributed by atoms with Crippen LogP contribution in [-0.2, 0) is 14.3 Å². The van der Waals surface area contributed by atoms with Gasteiger partial charge in [0.1, 0.15) is 12.7 Å². The largest absolute Gasteiger partial charge is 0.470 e. The zero-order valence-corrected chi connectivity index (χ0v) is 19.2. The van der Waals surface area contributed by atoms with Gasteiger partial charge in [-0.05, 0) is 31.8 Å². The fourth-order valence-electron chi connectivity index (χ4n) is 2.70. The third-order valence-electron chi connectivity index (χ3n) is 4.37. The Morgan fingerprint density at radius 1 is 1.25 bits per heavy atom. The average Bonchev–Trinajstić information content (AvgIpc) is 3.24. The molecule has 0 saturated carbocycles. The van der Waals surface area contributed by atoms with Gasteiger partial charge in [-0.15, -0.1) is 4.37 Å². The number of morpholine rings is 1. The highest BCUT2D eigenvalue weighted by atomic mass is 32.1. The maximum atomic E-state index is 12.6. The van der Waals surface area contributed by atoms with Crippen LogP contribution in [0.3, 0.4) is 0 Å². The lowest BCUT2D eigenvalue weighted by Gasteiger charge is -2.28. The van der Waals surface area contributed by atoms with Gasteiger partial charge in [0.2, 0.25) is 5.82 Å². The summed E-state index contributed by atoms with van der Waals surface area (Å²) in [6.07, 6.45) is -0.666. The Kier molecular flexibility index (Phi) is 10.2. The highest BCUT2D eigenvalue weighted by molar-refractivity contribution is 6.99. The molecule has 32 heavy (non-hydrogen) atoms. The molecule has 0 bridgehead atoms. The Balaban J connectivity index is 2.06. The van der Waals surface area contributed by atoms with E-state index in [1.165, 1.54) is 0 Å². The molecule has 2 heterocycles. The lowest BCUT2D eigenvalue weighted by molar-refractivity contribution is -0.154. The van der Waals surface area contributed by atoms with Crippen molar-refractivity contribution < 1.29 is 19.0 Å². The van der Waals surface area contributed by atoms with Crippen molar-refractivity contribution in [2.45, 2.75) is 32.4 Å². The number of ether oxygens (including phenoxy) is 3. The van der Waals surface area contributed by atoms with Crippen molar-refractivity contribution in [3.8, 4) is 5.88 Å². The molecule has 1 N–H and O–H groups in total. The summed E-state index contributed by atoms with van der Waals surface area (Å²) in [5.74, 6) is -0.520. The summed E-state index contributed by atoms with van der Waals surface area (Å²) in [5.41, 5.74) is 16.9. The molecule has 1 aromatic rings. The van der Waals surface area contributed by atoms with Gasteiger partial charge >= 0.3 is 5.97 Å². The molecule has 0 unspecified atom stereocenters. The summed E-state index contributed by atoms with van der Waals surface area (Å²) >= 11 is 1.04. The normalized spacial score (nSPS) is 15.8. The van der Waals surface area contributed by atoms with Gasteiger partial charge in [0.25, 0.3) is 5.88 Å². The molecule has 1 fully saturated rings. The molecular formula is C17H28N10O4S. The standard InChI is InChI=1S/C17H28N10O4S/c1-17(2,3)20-10-13(31-16(28)12(8-21-25-18)9-22-26-19)11-30-15-14(23-32-24-15)27-4-6-29-7-5-27/h12-13,20H,4-11H2,1-3H3/t13-/m0/s1. The second-order valence-corrected chi connectivity index (χ2v) is 8.55. The first-order valence-corrected chi connectivity index (χ1v) is 10.8. The summed E-state index contributed by atoms with van der Waals surface area (Å²) in [7, 11) is 0. The van der Waals surface area contributed by atoms with E-state index in [1.54, 1.807) is 0 Å². The van der Waals surface area contributed by atoms with Crippen molar-refractivity contribution in [1.29, 1.82) is 0 Å². The third-order valence-corrected chi connectivity index (χ3v) is 4.87. The quantitative estimate of drug-likeness (QED) is 0.209. The van der Waals surface area contributed by atoms with Crippen molar-refractivity contribution in [1.82, 2.24) is 14.1 Å². The predicted octanol–water partition coefficient (Wildman–Crippen LogP) is 2.29. The number of nitrogens with one attached hydrogen (secondary N) is 1. The highest BCUT2D eigenvalue weighted by Gasteiger charge is 2.26. The molecular weight excluding hydrogens is 440 g/mol. The lowest BCUT2D eigenvalue weighted by atomic mass is 10.1. The molecule has 1 aliphatic rings. The molecule has 0 aliphatic carbocycles. The Bertz CT molecular complexity index is 806. The van der Waals surface area contributed by atoms with Crippen molar-refractivity contribution in [3.05, 3.63) is 20.9 Å². The van der Waals surface area contributed by atoms with E-state index in [0.29, 0.717) is 44.5 Å². The molecule has 2 rings (SSSR count). The minimum Gasteiger partial charge on any atom is -0.470 e. The summed E-state index contributed by atoms with van der Waals surface area (Å²) in [5, 5.41) is 10.1. The molecule has 1 saturated heterocycles. The predicted molar refractivity (Wildman–Crippen MR) is 118 cm³/mol. The van der Waals surface area contributed by atoms with Gasteiger partial charge < -0.3 is 24.4 Å². The van der Waals surface area contributed by atoms with Crippen LogP contribution in [-0.4, -0.2) is 78.9 Å². The van der Waals surface area contributed by atoms with E-state index in [9.17, 15) is 4.79 Å². The molecule has 0 radical (unpaired) electrons. The van der Waals surface area contributed by atoms with E-state index in [0.717, 1.165) is 11.7 Å². The topological polar surface area (TPSA) is 183 Å². The van der Waals surface area contributed by atoms with Crippen LogP contribution in [0.4, 0.5) is 5.82 Å². The van der Waals surface area contributed by atoms with Crippen LogP contribution in [0.5, 0.6) is 5.88 Å². The fraction of sp³-hybridized carbons (Fsp3) is 0.824. The third kappa shape index (κ3) is 8.73. The van der Waals surface area contributed by atoms with Crippen LogP contribution < -0.4 is 15.0 Å². The number of carbonyl (C=O) groups is 1. The van der Waals surface area contributed by atoms with E-state index in [4.69, 9.17) is 25.3 Å². The minimum atomic E-state index is -0.885. The molecule has 176 valence electrons. The second-order valence-electron chi connectivity index (χ2n) is 8.02. The summed E-state index contributed by atoms with van der Waals surface area (Å²) in [6, 6.07) is 0. The monoisotopic (exact) mass is 468 g/mol. The molecule has 0 spiro atoms. The van der Waals surface area contributed by atoms with Gasteiger partial charge in [-0.2, -0.15) is 4.37 Å². The van der Waals surface area contributed by atoms with Crippen LogP contribution in [0.15, 0.2) is 10.2 Å². The first kappa shape index (κ1) is 25.4. The van der Waals surface area contributed by atoms with Gasteiger partial charge in [0.15, 0.2) is 0 Å². The molecule has 1 aromatic heterocycles. The maximum Gasteiger partial charge on any atom is 0.309 e. The van der Waals surface area contributed by atoms with Crippen molar-refractivity contribution in [2.24, 2.45) is 16.1 Å². The van der Waals surface area contributed by atoms with Crippen LogP contribution in [0, 0.1) is 5.92 Å². The van der Waals surface area contributed by atoms with E-state index in [-0.39, 0.29) is 25.2 Å². The van der Waals surface area contributed by atoms with Crippen LogP contribution in [0.2, 0.25) is 0 Å². The zero-order chi connectivity index (χ0) is 23.4. The number of hydrogen-bond donors (Lipinski definition) is 1. The Morgan fingerprint density at radius 2 is 1.91 bits per heavy atom. The van der Waals surface area contributed by atoms with E-state index in [1.807, 2.05) is 25.7 Å². The Hall–Kier alpha value is -2.83. The van der Waals surface area contributed by atoms with Crippen molar-refractivity contribution in [2.75, 3.05) is 57.4 Å². The number of hydrogen-bond acceptors (Lipinski definition) is 11. The number of nitrogens with zero attached hydrogens (tertiary/aromatic N) is 9. The first-order valence-electron chi connectivity index (χ1n) is 10.1. The lowest BCUT2D eigenvalue weighted by Crippen LogP contribution is -2.45. The number of aromatic nitrogens is 2. The number of anilines is 1. The van der Waals surface area contributed by atoms with Crippen molar-refractivity contribution >= 4 is 23.5 Å². The first-order chi connectivity index (χ1) is 15.3. The van der Waals surface area contributed by atoms with E-state index >= 15 is 0 Å². The average molecular weight is 469 g/mol. The number of rotatable bonds is 12.